The molecule has 0 rings (SSSR count). The standard InChI is InChI=1S/C75H130O5/c1-3-5-7-9-11-13-15-17-19-21-23-25-27-29-31-32-33-34-35-36-37-38-39-40-41-42-44-46-48-50-52-54-56-58-60-62-64-66-68-70-75(78)80-73(71-76)72-79-74(77)69-67-65-63-61-59-57-55-53-51-49-47-45-43-30-28-26-24-22-20-18-16-14-12-10-8-6-4-2/h5-8,11-14,17-20,23-26,29,31,73,76H,3-4,9-10,15-16,21-22,27-28,30,32-72H2,1-2H3/b7-5-,8-6-,13-11-,14-12-,19-17-,20-18-,25-23-,26-24-,31-29-. The molecule has 5 nitrogen and oxygen atoms in total. The van der Waals surface area contributed by atoms with Crippen LogP contribution in [0.4, 0.5) is 0 Å². The third-order valence-electron chi connectivity index (χ3n) is 15.1. The Morgan fingerprint density at radius 1 is 0.287 bits per heavy atom. The minimum atomic E-state index is -0.776. The van der Waals surface area contributed by atoms with E-state index < -0.39 is 6.10 Å². The molecule has 80 heavy (non-hydrogen) atoms. The molecule has 0 saturated carbocycles. The van der Waals surface area contributed by atoms with Gasteiger partial charge >= 0.3 is 11.9 Å². The van der Waals surface area contributed by atoms with Crippen LogP contribution in [0.2, 0.25) is 0 Å². The average Bonchev–Trinajstić information content (AvgIpc) is 3.46. The van der Waals surface area contributed by atoms with Crippen molar-refractivity contribution >= 4 is 11.9 Å². The van der Waals surface area contributed by atoms with Crippen LogP contribution < -0.4 is 0 Å². The van der Waals surface area contributed by atoms with Gasteiger partial charge in [0.25, 0.3) is 0 Å². The van der Waals surface area contributed by atoms with E-state index in [4.69, 9.17) is 9.47 Å². The first kappa shape index (κ1) is 76.6. The number of aliphatic hydroxyl groups excluding tert-OH is 1. The van der Waals surface area contributed by atoms with Crippen LogP contribution in [0.3, 0.4) is 0 Å². The van der Waals surface area contributed by atoms with Gasteiger partial charge in [-0.05, 0) is 96.3 Å². The number of carbonyl (C=O) groups is 2. The molecule has 0 aliphatic carbocycles. The van der Waals surface area contributed by atoms with E-state index in [9.17, 15) is 14.7 Å². The Morgan fingerprint density at radius 2 is 0.500 bits per heavy atom. The van der Waals surface area contributed by atoms with Gasteiger partial charge in [-0.25, -0.2) is 0 Å². The molecular formula is C75H130O5. The summed E-state index contributed by atoms with van der Waals surface area (Å²) < 4.78 is 10.8. The molecule has 460 valence electrons. The maximum atomic E-state index is 12.4. The van der Waals surface area contributed by atoms with Crippen molar-refractivity contribution < 1.29 is 24.2 Å². The van der Waals surface area contributed by atoms with Crippen molar-refractivity contribution in [3.8, 4) is 0 Å². The highest BCUT2D eigenvalue weighted by molar-refractivity contribution is 5.70. The van der Waals surface area contributed by atoms with Crippen molar-refractivity contribution in [2.24, 2.45) is 0 Å². The molecule has 0 aliphatic rings. The van der Waals surface area contributed by atoms with Gasteiger partial charge in [-0.1, -0.05) is 335 Å². The Labute approximate surface area is 497 Å². The van der Waals surface area contributed by atoms with E-state index in [-0.39, 0.29) is 25.2 Å². The van der Waals surface area contributed by atoms with E-state index in [1.807, 2.05) is 0 Å². The highest BCUT2D eigenvalue weighted by atomic mass is 16.6. The molecule has 0 aromatic heterocycles. The van der Waals surface area contributed by atoms with E-state index in [0.29, 0.717) is 12.8 Å². The first-order valence-electron chi connectivity index (χ1n) is 34.4. The predicted molar refractivity (Wildman–Crippen MR) is 352 cm³/mol. The molecule has 0 aromatic rings. The second kappa shape index (κ2) is 69.8. The number of ether oxygens (including phenoxy) is 2. The Bertz CT molecular complexity index is 1540. The lowest BCUT2D eigenvalue weighted by Gasteiger charge is -2.15. The molecule has 5 heteroatoms. The van der Waals surface area contributed by atoms with Crippen LogP contribution >= 0.6 is 0 Å². The van der Waals surface area contributed by atoms with Crippen LogP contribution in [0.25, 0.3) is 0 Å². The average molecular weight is 1110 g/mol. The number of rotatable bonds is 63. The molecular weight excluding hydrogens is 981 g/mol. The van der Waals surface area contributed by atoms with E-state index in [0.717, 1.165) is 96.3 Å². The molecule has 0 bridgehead atoms. The van der Waals surface area contributed by atoms with Crippen molar-refractivity contribution in [1.29, 1.82) is 0 Å². The summed E-state index contributed by atoms with van der Waals surface area (Å²) in [6.07, 6.45) is 101. The zero-order chi connectivity index (χ0) is 57.6. The first-order valence-corrected chi connectivity index (χ1v) is 34.4. The van der Waals surface area contributed by atoms with E-state index in [2.05, 4.69) is 123 Å². The van der Waals surface area contributed by atoms with Crippen molar-refractivity contribution in [1.82, 2.24) is 0 Å². The number of allylic oxidation sites excluding steroid dienone is 18. The van der Waals surface area contributed by atoms with Crippen LogP contribution in [0, 0.1) is 0 Å². The van der Waals surface area contributed by atoms with Crippen molar-refractivity contribution in [2.45, 2.75) is 341 Å². The number of carbonyl (C=O) groups excluding carboxylic acids is 2. The molecule has 0 aromatic carbocycles. The minimum absolute atomic E-state index is 0.0659. The van der Waals surface area contributed by atoms with Gasteiger partial charge in [0.15, 0.2) is 6.10 Å². The SMILES string of the molecule is CC/C=C\C/C=C\C/C=C\C/C=C\C/C=C\CCCCCCCCCCCCCCCCCCCCCCCCCC(=O)OC(CO)COC(=O)CCCCCCCCCCCCCCCC/C=C\C/C=C\C/C=C\C/C=C\CC. The number of hydrogen-bond acceptors (Lipinski definition) is 5. The minimum Gasteiger partial charge on any atom is -0.462 e. The van der Waals surface area contributed by atoms with Crippen molar-refractivity contribution in [3.63, 3.8) is 0 Å². The summed E-state index contributed by atoms with van der Waals surface area (Å²) in [5.41, 5.74) is 0. The second-order valence-electron chi connectivity index (χ2n) is 22.8. The fraction of sp³-hybridized carbons (Fsp3) is 0.733. The number of aliphatic hydroxyl groups is 1. The predicted octanol–water partition coefficient (Wildman–Crippen LogP) is 24.0. The van der Waals surface area contributed by atoms with Gasteiger partial charge in [0, 0.05) is 12.8 Å². The molecule has 0 fully saturated rings. The molecule has 1 unspecified atom stereocenters. The van der Waals surface area contributed by atoms with Crippen molar-refractivity contribution in [2.75, 3.05) is 13.2 Å². The normalized spacial score (nSPS) is 12.9. The smallest absolute Gasteiger partial charge is 0.306 e. The van der Waals surface area contributed by atoms with Crippen LogP contribution in [0.5, 0.6) is 0 Å². The molecule has 1 N–H and O–H groups in total. The Kier molecular flexibility index (Phi) is 66.8. The third kappa shape index (κ3) is 67.1. The largest absolute Gasteiger partial charge is 0.462 e. The fourth-order valence-corrected chi connectivity index (χ4v) is 9.99. The summed E-state index contributed by atoms with van der Waals surface area (Å²) in [5.74, 6) is -0.579. The van der Waals surface area contributed by atoms with Crippen molar-refractivity contribution in [3.05, 3.63) is 109 Å². The monoisotopic (exact) mass is 1110 g/mol. The van der Waals surface area contributed by atoms with Gasteiger partial charge in [0.05, 0.1) is 6.61 Å². The summed E-state index contributed by atoms with van der Waals surface area (Å²) in [6.45, 7) is 3.95. The Morgan fingerprint density at radius 3 is 0.750 bits per heavy atom. The highest BCUT2D eigenvalue weighted by Crippen LogP contribution is 2.18. The molecule has 0 saturated heterocycles. The number of unbranched alkanes of at least 4 members (excludes halogenated alkanes) is 37. The Balaban J connectivity index is 3.42. The maximum Gasteiger partial charge on any atom is 0.306 e. The fourth-order valence-electron chi connectivity index (χ4n) is 9.99. The van der Waals surface area contributed by atoms with E-state index in [1.54, 1.807) is 0 Å². The summed E-state index contributed by atoms with van der Waals surface area (Å²) >= 11 is 0. The maximum absolute atomic E-state index is 12.4. The molecule has 0 heterocycles. The van der Waals surface area contributed by atoms with Gasteiger partial charge in [0.2, 0.25) is 0 Å². The van der Waals surface area contributed by atoms with Gasteiger partial charge in [-0.2, -0.15) is 0 Å². The zero-order valence-corrected chi connectivity index (χ0v) is 52.8. The second-order valence-corrected chi connectivity index (χ2v) is 22.8. The van der Waals surface area contributed by atoms with Crippen LogP contribution in [0.1, 0.15) is 335 Å². The number of hydrogen-bond donors (Lipinski definition) is 1. The quantitative estimate of drug-likeness (QED) is 0.0373. The zero-order valence-electron chi connectivity index (χ0n) is 52.8. The molecule has 0 aliphatic heterocycles. The van der Waals surface area contributed by atoms with Crippen LogP contribution in [-0.4, -0.2) is 36.4 Å². The number of esters is 2. The third-order valence-corrected chi connectivity index (χ3v) is 15.1. The van der Waals surface area contributed by atoms with Gasteiger partial charge < -0.3 is 14.6 Å². The first-order chi connectivity index (χ1) is 39.6. The molecule has 0 amide bonds. The topological polar surface area (TPSA) is 72.8 Å². The van der Waals surface area contributed by atoms with Gasteiger partial charge in [-0.15, -0.1) is 0 Å². The lowest BCUT2D eigenvalue weighted by Crippen LogP contribution is -2.28. The summed E-state index contributed by atoms with van der Waals surface area (Å²) in [7, 11) is 0. The van der Waals surface area contributed by atoms with Gasteiger partial charge in [-0.3, -0.25) is 9.59 Å². The molecule has 0 spiro atoms. The summed E-state index contributed by atoms with van der Waals surface area (Å²) in [6, 6.07) is 0. The lowest BCUT2D eigenvalue weighted by molar-refractivity contribution is -0.161. The van der Waals surface area contributed by atoms with Gasteiger partial charge in [0.1, 0.15) is 6.61 Å². The van der Waals surface area contributed by atoms with E-state index in [1.165, 1.54) is 212 Å². The lowest BCUT2D eigenvalue weighted by atomic mass is 10.0. The highest BCUT2D eigenvalue weighted by Gasteiger charge is 2.16. The van der Waals surface area contributed by atoms with Crippen LogP contribution in [0.15, 0.2) is 109 Å². The summed E-state index contributed by atoms with van der Waals surface area (Å²) in [4.78, 5) is 24.6. The molecule has 1 atom stereocenters. The summed E-state index contributed by atoms with van der Waals surface area (Å²) in [5, 5.41) is 9.70. The van der Waals surface area contributed by atoms with E-state index >= 15 is 0 Å². The Hall–Kier alpha value is -3.44. The van der Waals surface area contributed by atoms with Crippen LogP contribution in [-0.2, 0) is 19.1 Å². The molecule has 0 radical (unpaired) electrons.